The topological polar surface area (TPSA) is 152 Å². The first-order chi connectivity index (χ1) is 3.46. The summed E-state index contributed by atoms with van der Waals surface area (Å²) in [7, 11) is 0. The largest absolute Gasteiger partial charge is 0.503 e. The molecule has 0 bridgehead atoms. The lowest BCUT2D eigenvalue weighted by Crippen LogP contribution is -1.81. The maximum Gasteiger partial charge on any atom is 0.503 e. The molecule has 9 heavy (non-hydrogen) atoms. The third-order valence-electron chi connectivity index (χ3n) is 0. The predicted octanol–water partition coefficient (Wildman–Crippen LogP) is -0.950. The number of nitrogens with zero attached hydrogens (tertiary/aromatic N) is 1. The predicted molar refractivity (Wildman–Crippen MR) is 23.0 cm³/mol. The normalized spacial score (nSPS) is 5.33. The van der Waals surface area contributed by atoms with Gasteiger partial charge in [-0.25, -0.2) is 4.79 Å². The Labute approximate surface area is 48.4 Å². The first-order valence-electron chi connectivity index (χ1n) is 1.22. The number of hydrogen-bond acceptors (Lipinski definition) is 3. The molecule has 0 saturated heterocycles. The Hall–Kier alpha value is -1.57. The summed E-state index contributed by atoms with van der Waals surface area (Å²) in [5.74, 6) is 0. The van der Waals surface area contributed by atoms with Crippen LogP contribution in [0, 0.1) is 10.1 Å². The van der Waals surface area contributed by atoms with E-state index < -0.39 is 11.2 Å². The van der Waals surface area contributed by atoms with Crippen LogP contribution < -0.4 is 0 Å². The highest BCUT2D eigenvalue weighted by Gasteiger charge is 1.70. The van der Waals surface area contributed by atoms with Crippen molar-refractivity contribution in [1.29, 1.82) is 0 Å². The summed E-state index contributed by atoms with van der Waals surface area (Å²) < 4.78 is 0. The monoisotopic (exact) mass is 143 g/mol. The van der Waals surface area contributed by atoms with E-state index >= 15 is 0 Å². The van der Waals surface area contributed by atoms with Crippen LogP contribution in [-0.2, 0) is 0 Å². The van der Waals surface area contributed by atoms with Gasteiger partial charge in [0.05, 0.1) is 0 Å². The second-order valence-corrected chi connectivity index (χ2v) is 0.520. The minimum Gasteiger partial charge on any atom is -0.450 e. The van der Waals surface area contributed by atoms with Gasteiger partial charge >= 0.3 is 6.16 Å². The van der Waals surface area contributed by atoms with Gasteiger partial charge in [-0.15, -0.1) is 10.1 Å². The Morgan fingerprint density at radius 3 is 1.44 bits per heavy atom. The average Bonchev–Trinajstić information content (AvgIpc) is 1.25. The third kappa shape index (κ3) is 51.2. The number of carboxylic acid groups (broad SMARTS) is 2. The Morgan fingerprint density at radius 2 is 1.44 bits per heavy atom. The van der Waals surface area contributed by atoms with E-state index in [0.717, 1.165) is 0 Å². The minimum atomic E-state index is -1.83. The summed E-state index contributed by atoms with van der Waals surface area (Å²) >= 11 is 0. The molecule has 0 aliphatic carbocycles. The third-order valence-corrected chi connectivity index (χ3v) is 0. The van der Waals surface area contributed by atoms with E-state index in [1.165, 1.54) is 0 Å². The second kappa shape index (κ2) is 9.66. The zero-order valence-electron chi connectivity index (χ0n) is 4.01. The van der Waals surface area contributed by atoms with Gasteiger partial charge in [-0.1, -0.05) is 0 Å². The fourth-order valence-corrected chi connectivity index (χ4v) is 0. The molecular formula is CH5NO7. The Kier molecular flexibility index (Phi) is 16.8. The van der Waals surface area contributed by atoms with Crippen LogP contribution >= 0.6 is 0 Å². The van der Waals surface area contributed by atoms with Crippen molar-refractivity contribution in [3.8, 4) is 0 Å². The summed E-state index contributed by atoms with van der Waals surface area (Å²) in [6.07, 6.45) is -1.83. The highest BCUT2D eigenvalue weighted by molar-refractivity contribution is 5.53. The maximum atomic E-state index is 8.56. The number of carbonyl (C=O) groups is 1. The van der Waals surface area contributed by atoms with E-state index in [9.17, 15) is 0 Å². The van der Waals surface area contributed by atoms with Gasteiger partial charge in [-0.3, -0.25) is 0 Å². The molecule has 5 N–H and O–H groups in total. The summed E-state index contributed by atoms with van der Waals surface area (Å²) in [6.45, 7) is 0. The van der Waals surface area contributed by atoms with Crippen molar-refractivity contribution in [2.75, 3.05) is 0 Å². The van der Waals surface area contributed by atoms with Crippen molar-refractivity contribution < 1.29 is 30.8 Å². The molecule has 0 aromatic heterocycles. The Morgan fingerprint density at radius 1 is 1.44 bits per heavy atom. The molecule has 0 aromatic carbocycles. The molecule has 0 rings (SSSR count). The van der Waals surface area contributed by atoms with E-state index in [1.54, 1.807) is 0 Å². The van der Waals surface area contributed by atoms with Crippen LogP contribution in [0.25, 0.3) is 0 Å². The van der Waals surface area contributed by atoms with Crippen molar-refractivity contribution >= 4 is 6.16 Å². The van der Waals surface area contributed by atoms with Crippen molar-refractivity contribution in [3.05, 3.63) is 10.1 Å². The molecule has 0 amide bonds. The van der Waals surface area contributed by atoms with Gasteiger partial charge < -0.3 is 20.9 Å². The quantitative estimate of drug-likeness (QED) is 0.293. The van der Waals surface area contributed by atoms with Gasteiger partial charge in [0.2, 0.25) is 0 Å². The summed E-state index contributed by atoms with van der Waals surface area (Å²) in [4.78, 5) is 16.9. The van der Waals surface area contributed by atoms with Crippen molar-refractivity contribution in [2.24, 2.45) is 0 Å². The van der Waals surface area contributed by atoms with Crippen LogP contribution in [-0.4, -0.2) is 32.1 Å². The molecule has 0 radical (unpaired) electrons. The summed E-state index contributed by atoms with van der Waals surface area (Å²) in [5.41, 5.74) is 0. The van der Waals surface area contributed by atoms with Crippen molar-refractivity contribution in [2.45, 2.75) is 0 Å². The van der Waals surface area contributed by atoms with E-state index in [-0.39, 0.29) is 5.48 Å². The number of hydrogen-bond donors (Lipinski definition) is 3. The van der Waals surface area contributed by atoms with E-state index in [1.807, 2.05) is 0 Å². The maximum absolute atomic E-state index is 8.56. The van der Waals surface area contributed by atoms with E-state index in [2.05, 4.69) is 0 Å². The summed E-state index contributed by atoms with van der Waals surface area (Å²) in [6, 6.07) is 0. The first kappa shape index (κ1) is 15.7. The fourth-order valence-electron chi connectivity index (χ4n) is 0. The molecule has 0 aromatic rings. The zero-order chi connectivity index (χ0) is 7.15. The van der Waals surface area contributed by atoms with Crippen molar-refractivity contribution in [3.63, 3.8) is 0 Å². The number of rotatable bonds is 0. The minimum absolute atomic E-state index is 0. The standard InChI is InChI=1S/CH2O3.HNO3.H2O/c2*2-1(3)4;/h(H2,2,3,4);(H,2,3,4);1H2. The lowest BCUT2D eigenvalue weighted by molar-refractivity contribution is -0.742. The van der Waals surface area contributed by atoms with Crippen LogP contribution in [0.15, 0.2) is 0 Å². The van der Waals surface area contributed by atoms with Crippen LogP contribution in [0.3, 0.4) is 0 Å². The van der Waals surface area contributed by atoms with E-state index in [4.69, 9.17) is 30.3 Å². The fraction of sp³-hybridized carbons (Fsp3) is 0. The smallest absolute Gasteiger partial charge is 0.450 e. The van der Waals surface area contributed by atoms with Crippen LogP contribution in [0.1, 0.15) is 0 Å². The highest BCUT2D eigenvalue weighted by Crippen LogP contribution is 1.42. The lowest BCUT2D eigenvalue weighted by Gasteiger charge is -1.60. The lowest BCUT2D eigenvalue weighted by atomic mass is 11.5. The van der Waals surface area contributed by atoms with Gasteiger partial charge in [0.1, 0.15) is 0 Å². The molecule has 0 spiro atoms. The molecule has 56 valence electrons. The van der Waals surface area contributed by atoms with Gasteiger partial charge in [0.15, 0.2) is 0 Å². The first-order valence-corrected chi connectivity index (χ1v) is 1.22. The second-order valence-electron chi connectivity index (χ2n) is 0.520. The SMILES string of the molecule is O.O=C(O)O.O=[N+]([O-])O. The van der Waals surface area contributed by atoms with Crippen molar-refractivity contribution in [1.82, 2.24) is 0 Å². The molecule has 0 atom stereocenters. The van der Waals surface area contributed by atoms with Gasteiger partial charge in [-0.05, 0) is 0 Å². The molecule has 0 aliphatic heterocycles. The molecule has 8 nitrogen and oxygen atoms in total. The molecule has 0 aliphatic rings. The Balaban J connectivity index is -0.0000000720. The van der Waals surface area contributed by atoms with E-state index in [0.29, 0.717) is 0 Å². The summed E-state index contributed by atoms with van der Waals surface area (Å²) in [5, 5.41) is 27.6. The average molecular weight is 143 g/mol. The molecule has 0 saturated carbocycles. The highest BCUT2D eigenvalue weighted by atomic mass is 16.9. The van der Waals surface area contributed by atoms with Crippen LogP contribution in [0.5, 0.6) is 0 Å². The van der Waals surface area contributed by atoms with Crippen LogP contribution in [0.4, 0.5) is 4.79 Å². The van der Waals surface area contributed by atoms with Gasteiger partial charge in [0, 0.05) is 0 Å². The molecule has 0 fully saturated rings. The molecule has 8 heteroatoms. The van der Waals surface area contributed by atoms with Gasteiger partial charge in [-0.2, -0.15) is 0 Å². The van der Waals surface area contributed by atoms with Gasteiger partial charge in [0.25, 0.3) is 5.09 Å². The van der Waals surface area contributed by atoms with Crippen LogP contribution in [0.2, 0.25) is 0 Å². The Bertz CT molecular complexity index is 66.9. The molecule has 0 unspecified atom stereocenters. The molecular weight excluding hydrogens is 138 g/mol. The zero-order valence-corrected chi connectivity index (χ0v) is 4.01. The molecule has 0 heterocycles.